The minimum absolute atomic E-state index is 0.0537. The average Bonchev–Trinajstić information content (AvgIpc) is 3.21. The number of carbonyl (C=O) groups excluding carboxylic acids is 2. The van der Waals surface area contributed by atoms with Gasteiger partial charge in [0.15, 0.2) is 10.8 Å². The SMILES string of the molecule is Cc1ccccc1-n1ncc(C(=O)Nc2nc(CC(N)=O)cs2)c1C(F)(F)F. The lowest BCUT2D eigenvalue weighted by Crippen LogP contribution is -2.21. The van der Waals surface area contributed by atoms with Gasteiger partial charge >= 0.3 is 6.18 Å². The highest BCUT2D eigenvalue weighted by molar-refractivity contribution is 7.14. The monoisotopic (exact) mass is 409 g/mol. The molecule has 0 fully saturated rings. The molecule has 11 heteroatoms. The lowest BCUT2D eigenvalue weighted by Gasteiger charge is -2.14. The minimum Gasteiger partial charge on any atom is -0.369 e. The number of hydrogen-bond acceptors (Lipinski definition) is 5. The van der Waals surface area contributed by atoms with Crippen molar-refractivity contribution in [1.82, 2.24) is 14.8 Å². The lowest BCUT2D eigenvalue weighted by atomic mass is 10.2. The maximum absolute atomic E-state index is 13.7. The average molecular weight is 409 g/mol. The second kappa shape index (κ2) is 7.43. The fourth-order valence-corrected chi connectivity index (χ4v) is 3.26. The predicted octanol–water partition coefficient (Wildman–Crippen LogP) is 2.94. The van der Waals surface area contributed by atoms with E-state index in [0.29, 0.717) is 15.9 Å². The number of para-hydroxylation sites is 1. The van der Waals surface area contributed by atoms with E-state index in [1.807, 2.05) is 0 Å². The molecule has 0 bridgehead atoms. The first-order valence-corrected chi connectivity index (χ1v) is 8.80. The number of thiazole rings is 1. The van der Waals surface area contributed by atoms with Gasteiger partial charge in [0.05, 0.1) is 29.6 Å². The van der Waals surface area contributed by atoms with Gasteiger partial charge in [-0.3, -0.25) is 14.9 Å². The van der Waals surface area contributed by atoms with Crippen LogP contribution in [0.4, 0.5) is 18.3 Å². The summed E-state index contributed by atoms with van der Waals surface area (Å²) in [7, 11) is 0. The number of amides is 2. The third-order valence-corrected chi connectivity index (χ3v) is 4.56. The fourth-order valence-electron chi connectivity index (χ4n) is 2.56. The predicted molar refractivity (Wildman–Crippen MR) is 96.3 cm³/mol. The maximum atomic E-state index is 13.7. The number of nitrogens with one attached hydrogen (secondary N) is 1. The molecule has 0 aliphatic carbocycles. The van der Waals surface area contributed by atoms with Crippen molar-refractivity contribution in [3.8, 4) is 5.69 Å². The van der Waals surface area contributed by atoms with Crippen LogP contribution in [0.1, 0.15) is 27.3 Å². The van der Waals surface area contributed by atoms with Crippen molar-refractivity contribution in [2.75, 3.05) is 5.32 Å². The highest BCUT2D eigenvalue weighted by Crippen LogP contribution is 2.34. The molecular formula is C17H14F3N5O2S. The molecule has 0 radical (unpaired) electrons. The molecule has 0 unspecified atom stereocenters. The summed E-state index contributed by atoms with van der Waals surface area (Å²) in [6, 6.07) is 6.40. The number of carbonyl (C=O) groups is 2. The second-order valence-corrected chi connectivity index (χ2v) is 6.70. The number of nitrogens with zero attached hydrogens (tertiary/aromatic N) is 3. The molecular weight excluding hydrogens is 395 g/mol. The molecule has 146 valence electrons. The number of anilines is 1. The summed E-state index contributed by atoms with van der Waals surface area (Å²) in [4.78, 5) is 27.3. The van der Waals surface area contributed by atoms with Crippen LogP contribution in [0.3, 0.4) is 0 Å². The molecule has 2 heterocycles. The molecule has 28 heavy (non-hydrogen) atoms. The van der Waals surface area contributed by atoms with Crippen molar-refractivity contribution in [2.45, 2.75) is 19.5 Å². The molecule has 0 atom stereocenters. The number of hydrogen-bond donors (Lipinski definition) is 2. The Morgan fingerprint density at radius 1 is 1.29 bits per heavy atom. The van der Waals surface area contributed by atoms with Crippen molar-refractivity contribution in [3.05, 3.63) is 58.4 Å². The third kappa shape index (κ3) is 4.03. The number of rotatable bonds is 5. The number of primary amides is 1. The van der Waals surface area contributed by atoms with Crippen LogP contribution in [0.5, 0.6) is 0 Å². The van der Waals surface area contributed by atoms with Gasteiger partial charge in [-0.15, -0.1) is 11.3 Å². The number of benzene rings is 1. The number of aromatic nitrogens is 3. The highest BCUT2D eigenvalue weighted by atomic mass is 32.1. The van der Waals surface area contributed by atoms with Crippen LogP contribution in [0, 0.1) is 6.92 Å². The Morgan fingerprint density at radius 2 is 2.00 bits per heavy atom. The first-order chi connectivity index (χ1) is 13.2. The molecule has 1 aromatic carbocycles. The normalized spacial score (nSPS) is 11.4. The molecule has 7 nitrogen and oxygen atoms in total. The van der Waals surface area contributed by atoms with Crippen LogP contribution in [-0.2, 0) is 17.4 Å². The van der Waals surface area contributed by atoms with Gasteiger partial charge in [0, 0.05) is 5.38 Å². The summed E-state index contributed by atoms with van der Waals surface area (Å²) < 4.78 is 41.8. The van der Waals surface area contributed by atoms with Gasteiger partial charge in [0.1, 0.15) is 0 Å². The van der Waals surface area contributed by atoms with E-state index in [1.165, 1.54) is 11.4 Å². The van der Waals surface area contributed by atoms with Crippen LogP contribution < -0.4 is 11.1 Å². The summed E-state index contributed by atoms with van der Waals surface area (Å²) >= 11 is 0.974. The van der Waals surface area contributed by atoms with Crippen LogP contribution in [0.25, 0.3) is 5.69 Å². The highest BCUT2D eigenvalue weighted by Gasteiger charge is 2.40. The van der Waals surface area contributed by atoms with E-state index in [0.717, 1.165) is 17.5 Å². The Hall–Kier alpha value is -3.21. The van der Waals surface area contributed by atoms with Crippen LogP contribution >= 0.6 is 11.3 Å². The van der Waals surface area contributed by atoms with Gasteiger partial charge in [-0.2, -0.15) is 18.3 Å². The van der Waals surface area contributed by atoms with Gasteiger partial charge < -0.3 is 5.73 Å². The summed E-state index contributed by atoms with van der Waals surface area (Å²) in [5, 5.41) is 7.63. The minimum atomic E-state index is -4.81. The maximum Gasteiger partial charge on any atom is 0.434 e. The Balaban J connectivity index is 1.96. The fraction of sp³-hybridized carbons (Fsp3) is 0.176. The number of nitrogens with two attached hydrogens (primary N) is 1. The zero-order valence-electron chi connectivity index (χ0n) is 14.4. The molecule has 3 aromatic rings. The first kappa shape index (κ1) is 19.5. The standard InChI is InChI=1S/C17H14F3N5O2S/c1-9-4-2-3-5-12(9)25-14(17(18,19)20)11(7-22-25)15(27)24-16-23-10(8-28-16)6-13(21)26/h2-5,7-8H,6H2,1H3,(H2,21,26)(H,23,24,27). The van der Waals surface area contributed by atoms with Crippen molar-refractivity contribution in [1.29, 1.82) is 0 Å². The zero-order chi connectivity index (χ0) is 20.5. The lowest BCUT2D eigenvalue weighted by molar-refractivity contribution is -0.143. The Morgan fingerprint density at radius 3 is 2.64 bits per heavy atom. The molecule has 0 aliphatic rings. The van der Waals surface area contributed by atoms with E-state index in [2.05, 4.69) is 15.4 Å². The molecule has 0 spiro atoms. The van der Waals surface area contributed by atoms with Gasteiger partial charge in [0.2, 0.25) is 5.91 Å². The van der Waals surface area contributed by atoms with E-state index >= 15 is 0 Å². The van der Waals surface area contributed by atoms with E-state index in [4.69, 9.17) is 5.73 Å². The van der Waals surface area contributed by atoms with E-state index in [-0.39, 0.29) is 17.2 Å². The van der Waals surface area contributed by atoms with Gasteiger partial charge in [-0.1, -0.05) is 18.2 Å². The summed E-state index contributed by atoms with van der Waals surface area (Å²) in [5.74, 6) is -1.62. The Labute approximate surface area is 161 Å². The van der Waals surface area contributed by atoms with E-state index in [9.17, 15) is 22.8 Å². The molecule has 3 rings (SSSR count). The summed E-state index contributed by atoms with van der Waals surface area (Å²) in [5.41, 5.74) is 4.35. The quantitative estimate of drug-likeness (QED) is 0.676. The topological polar surface area (TPSA) is 103 Å². The molecule has 0 saturated heterocycles. The van der Waals surface area contributed by atoms with Crippen LogP contribution in [-0.4, -0.2) is 26.6 Å². The molecule has 2 aromatic heterocycles. The van der Waals surface area contributed by atoms with Gasteiger partial charge in [0.25, 0.3) is 5.91 Å². The Kier molecular flexibility index (Phi) is 5.18. The number of halogens is 3. The summed E-state index contributed by atoms with van der Waals surface area (Å²) in [6.07, 6.45) is -4.08. The molecule has 0 saturated carbocycles. The molecule has 3 N–H and O–H groups in total. The number of alkyl halides is 3. The smallest absolute Gasteiger partial charge is 0.369 e. The second-order valence-electron chi connectivity index (χ2n) is 5.84. The first-order valence-electron chi connectivity index (χ1n) is 7.92. The van der Waals surface area contributed by atoms with Crippen molar-refractivity contribution in [3.63, 3.8) is 0 Å². The van der Waals surface area contributed by atoms with Crippen molar-refractivity contribution < 1.29 is 22.8 Å². The van der Waals surface area contributed by atoms with Crippen LogP contribution in [0.15, 0.2) is 35.8 Å². The number of aryl methyl sites for hydroxylation is 1. The largest absolute Gasteiger partial charge is 0.434 e. The van der Waals surface area contributed by atoms with Crippen molar-refractivity contribution in [2.24, 2.45) is 5.73 Å². The molecule has 2 amide bonds. The van der Waals surface area contributed by atoms with E-state index in [1.54, 1.807) is 25.1 Å². The van der Waals surface area contributed by atoms with Gasteiger partial charge in [-0.25, -0.2) is 9.67 Å². The van der Waals surface area contributed by atoms with Gasteiger partial charge in [-0.05, 0) is 18.6 Å². The Bertz CT molecular complexity index is 1040. The van der Waals surface area contributed by atoms with E-state index < -0.39 is 29.2 Å². The zero-order valence-corrected chi connectivity index (χ0v) is 15.3. The third-order valence-electron chi connectivity index (χ3n) is 3.75. The summed E-state index contributed by atoms with van der Waals surface area (Å²) in [6.45, 7) is 1.65. The molecule has 0 aliphatic heterocycles. The van der Waals surface area contributed by atoms with Crippen molar-refractivity contribution >= 4 is 28.3 Å². The van der Waals surface area contributed by atoms with Crippen LogP contribution in [0.2, 0.25) is 0 Å².